The van der Waals surface area contributed by atoms with Crippen molar-refractivity contribution in [2.75, 3.05) is 32.2 Å². The predicted octanol–water partition coefficient (Wildman–Crippen LogP) is 4.09. The SMILES string of the molecule is SCCCCCCCCCOCC1CCOCC1. The zero-order valence-corrected chi connectivity index (χ0v) is 12.6. The largest absolute Gasteiger partial charge is 0.381 e. The van der Waals surface area contributed by atoms with E-state index in [1.165, 1.54) is 57.8 Å². The normalized spacial score (nSPS) is 17.2. The van der Waals surface area contributed by atoms with E-state index < -0.39 is 0 Å². The minimum absolute atomic E-state index is 0.750. The van der Waals surface area contributed by atoms with Crippen LogP contribution in [0.15, 0.2) is 0 Å². The third-order valence-electron chi connectivity index (χ3n) is 3.64. The van der Waals surface area contributed by atoms with Crippen molar-refractivity contribution in [1.29, 1.82) is 0 Å². The van der Waals surface area contributed by atoms with Gasteiger partial charge in [0.05, 0.1) is 0 Å². The van der Waals surface area contributed by atoms with Crippen LogP contribution in [0, 0.1) is 5.92 Å². The Balaban J connectivity index is 1.73. The van der Waals surface area contributed by atoms with Crippen LogP contribution < -0.4 is 0 Å². The van der Waals surface area contributed by atoms with Gasteiger partial charge in [-0.3, -0.25) is 0 Å². The van der Waals surface area contributed by atoms with E-state index in [-0.39, 0.29) is 0 Å². The number of rotatable bonds is 11. The minimum atomic E-state index is 0.750. The van der Waals surface area contributed by atoms with Gasteiger partial charge < -0.3 is 9.47 Å². The summed E-state index contributed by atoms with van der Waals surface area (Å²) in [6.07, 6.45) is 11.7. The maximum Gasteiger partial charge on any atom is 0.0495 e. The number of unbranched alkanes of at least 4 members (excludes halogenated alkanes) is 6. The van der Waals surface area contributed by atoms with Crippen LogP contribution in [-0.4, -0.2) is 32.2 Å². The standard InChI is InChI=1S/C15H30O2S/c18-13-7-5-3-1-2-4-6-10-17-14-15-8-11-16-12-9-15/h15,18H,1-14H2. The van der Waals surface area contributed by atoms with Crippen molar-refractivity contribution in [3.63, 3.8) is 0 Å². The average Bonchev–Trinajstić information content (AvgIpc) is 2.42. The molecule has 18 heavy (non-hydrogen) atoms. The van der Waals surface area contributed by atoms with Gasteiger partial charge in [-0.15, -0.1) is 0 Å². The smallest absolute Gasteiger partial charge is 0.0495 e. The van der Waals surface area contributed by atoms with E-state index in [9.17, 15) is 0 Å². The van der Waals surface area contributed by atoms with Crippen LogP contribution in [0.1, 0.15) is 57.8 Å². The summed E-state index contributed by atoms with van der Waals surface area (Å²) < 4.78 is 11.1. The predicted molar refractivity (Wildman–Crippen MR) is 80.5 cm³/mol. The number of hydrogen-bond donors (Lipinski definition) is 1. The Labute approximate surface area is 118 Å². The summed E-state index contributed by atoms with van der Waals surface area (Å²) in [5, 5.41) is 0. The lowest BCUT2D eigenvalue weighted by Gasteiger charge is -2.21. The van der Waals surface area contributed by atoms with Crippen molar-refractivity contribution >= 4 is 12.6 Å². The summed E-state index contributed by atoms with van der Waals surface area (Å²) in [5.74, 6) is 1.79. The van der Waals surface area contributed by atoms with E-state index in [1.54, 1.807) is 0 Å². The molecular weight excluding hydrogens is 244 g/mol. The molecule has 0 saturated carbocycles. The summed E-state index contributed by atoms with van der Waals surface area (Å²) >= 11 is 4.22. The van der Waals surface area contributed by atoms with Crippen LogP contribution in [-0.2, 0) is 9.47 Å². The Morgan fingerprint density at radius 2 is 1.50 bits per heavy atom. The van der Waals surface area contributed by atoms with Crippen LogP contribution >= 0.6 is 12.6 Å². The fourth-order valence-corrected chi connectivity index (χ4v) is 2.59. The summed E-state index contributed by atoms with van der Waals surface area (Å²) in [5.41, 5.74) is 0. The second-order valence-electron chi connectivity index (χ2n) is 5.33. The molecule has 0 atom stereocenters. The lowest BCUT2D eigenvalue weighted by Crippen LogP contribution is -2.20. The molecule has 1 aliphatic heterocycles. The summed E-state index contributed by atoms with van der Waals surface area (Å²) in [6, 6.07) is 0. The second-order valence-corrected chi connectivity index (χ2v) is 5.78. The number of thiol groups is 1. The molecule has 0 N–H and O–H groups in total. The summed E-state index contributed by atoms with van der Waals surface area (Å²) in [6.45, 7) is 3.76. The van der Waals surface area contributed by atoms with E-state index in [2.05, 4.69) is 12.6 Å². The van der Waals surface area contributed by atoms with E-state index in [1.807, 2.05) is 0 Å². The van der Waals surface area contributed by atoms with E-state index in [0.717, 1.165) is 38.1 Å². The van der Waals surface area contributed by atoms with Gasteiger partial charge in [0.1, 0.15) is 0 Å². The van der Waals surface area contributed by atoms with Gasteiger partial charge in [-0.2, -0.15) is 12.6 Å². The summed E-state index contributed by atoms with van der Waals surface area (Å²) in [7, 11) is 0. The van der Waals surface area contributed by atoms with Gasteiger partial charge in [0.15, 0.2) is 0 Å². The topological polar surface area (TPSA) is 18.5 Å². The summed E-state index contributed by atoms with van der Waals surface area (Å²) in [4.78, 5) is 0. The van der Waals surface area contributed by atoms with Gasteiger partial charge in [0.2, 0.25) is 0 Å². The second kappa shape index (κ2) is 12.3. The first-order valence-corrected chi connectivity index (χ1v) is 8.33. The number of hydrogen-bond acceptors (Lipinski definition) is 3. The molecule has 0 unspecified atom stereocenters. The molecule has 0 radical (unpaired) electrons. The Hall–Kier alpha value is 0.270. The molecule has 1 aliphatic rings. The van der Waals surface area contributed by atoms with Crippen molar-refractivity contribution in [3.05, 3.63) is 0 Å². The fourth-order valence-electron chi connectivity index (χ4n) is 2.36. The lowest BCUT2D eigenvalue weighted by atomic mass is 10.0. The lowest BCUT2D eigenvalue weighted by molar-refractivity contribution is 0.0198. The molecule has 0 bridgehead atoms. The van der Waals surface area contributed by atoms with Crippen molar-refractivity contribution in [2.24, 2.45) is 5.92 Å². The van der Waals surface area contributed by atoms with Gasteiger partial charge in [0, 0.05) is 26.4 Å². The highest BCUT2D eigenvalue weighted by Gasteiger charge is 2.13. The highest BCUT2D eigenvalue weighted by Crippen LogP contribution is 2.15. The van der Waals surface area contributed by atoms with E-state index in [4.69, 9.17) is 9.47 Å². The molecule has 0 aromatic rings. The molecule has 1 fully saturated rings. The highest BCUT2D eigenvalue weighted by atomic mass is 32.1. The zero-order valence-electron chi connectivity index (χ0n) is 11.7. The van der Waals surface area contributed by atoms with Crippen LogP contribution in [0.2, 0.25) is 0 Å². The molecule has 0 aromatic heterocycles. The maximum atomic E-state index is 5.75. The first kappa shape index (κ1) is 16.3. The first-order chi connectivity index (χ1) is 8.93. The molecule has 0 amide bonds. The Morgan fingerprint density at radius 3 is 2.17 bits per heavy atom. The van der Waals surface area contributed by atoms with Crippen molar-refractivity contribution in [3.8, 4) is 0 Å². The average molecular weight is 274 g/mol. The van der Waals surface area contributed by atoms with Crippen LogP contribution in [0.5, 0.6) is 0 Å². The van der Waals surface area contributed by atoms with E-state index in [0.29, 0.717) is 0 Å². The third kappa shape index (κ3) is 9.23. The van der Waals surface area contributed by atoms with Crippen molar-refractivity contribution < 1.29 is 9.47 Å². The first-order valence-electron chi connectivity index (χ1n) is 7.70. The van der Waals surface area contributed by atoms with Crippen LogP contribution in [0.4, 0.5) is 0 Å². The molecule has 0 spiro atoms. The number of ether oxygens (including phenoxy) is 2. The zero-order chi connectivity index (χ0) is 12.9. The Bertz CT molecular complexity index is 170. The maximum absolute atomic E-state index is 5.75. The van der Waals surface area contributed by atoms with Crippen molar-refractivity contribution in [2.45, 2.75) is 57.8 Å². The molecule has 2 nitrogen and oxygen atoms in total. The van der Waals surface area contributed by atoms with Gasteiger partial charge >= 0.3 is 0 Å². The Morgan fingerprint density at radius 1 is 0.889 bits per heavy atom. The Kier molecular flexibility index (Phi) is 11.2. The molecule has 108 valence electrons. The van der Waals surface area contributed by atoms with Gasteiger partial charge in [-0.1, -0.05) is 32.1 Å². The fraction of sp³-hybridized carbons (Fsp3) is 1.00. The molecule has 1 heterocycles. The molecule has 1 rings (SSSR count). The van der Waals surface area contributed by atoms with Gasteiger partial charge in [0.25, 0.3) is 0 Å². The molecule has 0 aromatic carbocycles. The molecular formula is C15H30O2S. The minimum Gasteiger partial charge on any atom is -0.381 e. The quantitative estimate of drug-likeness (QED) is 0.452. The van der Waals surface area contributed by atoms with Crippen LogP contribution in [0.3, 0.4) is 0 Å². The van der Waals surface area contributed by atoms with E-state index >= 15 is 0 Å². The van der Waals surface area contributed by atoms with Crippen molar-refractivity contribution in [1.82, 2.24) is 0 Å². The molecule has 3 heteroatoms. The van der Waals surface area contributed by atoms with Crippen LogP contribution in [0.25, 0.3) is 0 Å². The third-order valence-corrected chi connectivity index (χ3v) is 3.96. The molecule has 0 aliphatic carbocycles. The van der Waals surface area contributed by atoms with Gasteiger partial charge in [-0.25, -0.2) is 0 Å². The molecule has 1 saturated heterocycles. The highest BCUT2D eigenvalue weighted by molar-refractivity contribution is 7.80. The van der Waals surface area contributed by atoms with Gasteiger partial charge in [-0.05, 0) is 37.4 Å². The monoisotopic (exact) mass is 274 g/mol.